The smallest absolute Gasteiger partial charge is 0.240 e. The van der Waals surface area contributed by atoms with Crippen LogP contribution in [0.5, 0.6) is 0 Å². The van der Waals surface area contributed by atoms with E-state index in [1.807, 2.05) is 13.8 Å². The highest BCUT2D eigenvalue weighted by atomic mass is 127. The number of hydrogen-bond acceptors (Lipinski definition) is 3. The summed E-state index contributed by atoms with van der Waals surface area (Å²) >= 11 is 0. The van der Waals surface area contributed by atoms with Crippen LogP contribution in [0.1, 0.15) is 16.7 Å². The standard InChI is InChI=1S/C20H27FN4O2S.HI/c1-15-4-8-19(9-5-15)28(26,27)25-13-12-24-20(22-3)23-11-10-17-6-7-18(21)14-16(17)2;/h4-9,14,25H,10-13H2,1-3H3,(H2,22,23,24);1H. The molecule has 0 radical (unpaired) electrons. The van der Waals surface area contributed by atoms with Crippen LogP contribution >= 0.6 is 24.0 Å². The molecule has 2 rings (SSSR count). The molecule has 2 aromatic carbocycles. The molecule has 0 amide bonds. The first-order valence-electron chi connectivity index (χ1n) is 9.07. The van der Waals surface area contributed by atoms with Crippen LogP contribution in [-0.4, -0.2) is 41.1 Å². The van der Waals surface area contributed by atoms with Gasteiger partial charge in [0.05, 0.1) is 4.90 Å². The highest BCUT2D eigenvalue weighted by Gasteiger charge is 2.12. The van der Waals surface area contributed by atoms with Gasteiger partial charge in [-0.2, -0.15) is 0 Å². The summed E-state index contributed by atoms with van der Waals surface area (Å²) in [6, 6.07) is 11.5. The number of guanidine groups is 1. The first-order chi connectivity index (χ1) is 13.3. The number of halogens is 2. The van der Waals surface area contributed by atoms with Crippen LogP contribution in [0.4, 0.5) is 4.39 Å². The first-order valence-corrected chi connectivity index (χ1v) is 10.6. The van der Waals surface area contributed by atoms with Crippen molar-refractivity contribution in [3.63, 3.8) is 0 Å². The van der Waals surface area contributed by atoms with Crippen molar-refractivity contribution >= 4 is 40.0 Å². The molecule has 0 saturated carbocycles. The normalized spacial score (nSPS) is 11.7. The molecule has 0 bridgehead atoms. The van der Waals surface area contributed by atoms with E-state index in [-0.39, 0.29) is 41.2 Å². The molecule has 0 aliphatic rings. The fourth-order valence-corrected chi connectivity index (χ4v) is 3.67. The predicted molar refractivity (Wildman–Crippen MR) is 126 cm³/mol. The molecule has 0 heterocycles. The molecule has 0 atom stereocenters. The lowest BCUT2D eigenvalue weighted by molar-refractivity contribution is 0.580. The second kappa shape index (κ2) is 12.1. The van der Waals surface area contributed by atoms with Crippen LogP contribution in [0.25, 0.3) is 0 Å². The molecule has 0 fully saturated rings. The number of nitrogens with one attached hydrogen (secondary N) is 3. The van der Waals surface area contributed by atoms with E-state index in [2.05, 4.69) is 20.3 Å². The molecule has 2 aromatic rings. The maximum Gasteiger partial charge on any atom is 0.240 e. The fraction of sp³-hybridized carbons (Fsp3) is 0.350. The number of nitrogens with zero attached hydrogens (tertiary/aromatic N) is 1. The maximum atomic E-state index is 13.1. The fourth-order valence-electron chi connectivity index (χ4n) is 2.64. The minimum atomic E-state index is -3.52. The minimum Gasteiger partial charge on any atom is -0.356 e. The lowest BCUT2D eigenvalue weighted by Crippen LogP contribution is -2.42. The molecule has 9 heteroatoms. The molecule has 0 aromatic heterocycles. The monoisotopic (exact) mass is 534 g/mol. The average molecular weight is 534 g/mol. The van der Waals surface area contributed by atoms with Crippen molar-refractivity contribution in [3.05, 3.63) is 65.0 Å². The van der Waals surface area contributed by atoms with Crippen molar-refractivity contribution in [2.24, 2.45) is 4.99 Å². The van der Waals surface area contributed by atoms with Crippen LogP contribution in [0.3, 0.4) is 0 Å². The van der Waals surface area contributed by atoms with Gasteiger partial charge in [-0.05, 0) is 55.7 Å². The summed E-state index contributed by atoms with van der Waals surface area (Å²) in [5, 5.41) is 6.23. The topological polar surface area (TPSA) is 82.6 Å². The third-order valence-corrected chi connectivity index (χ3v) is 5.73. The molecule has 0 unspecified atom stereocenters. The van der Waals surface area contributed by atoms with Crippen molar-refractivity contribution in [1.82, 2.24) is 15.4 Å². The largest absolute Gasteiger partial charge is 0.356 e. The quantitative estimate of drug-likeness (QED) is 0.211. The van der Waals surface area contributed by atoms with Gasteiger partial charge >= 0.3 is 0 Å². The second-order valence-electron chi connectivity index (χ2n) is 6.46. The molecular weight excluding hydrogens is 506 g/mol. The Morgan fingerprint density at radius 3 is 2.28 bits per heavy atom. The van der Waals surface area contributed by atoms with Gasteiger partial charge in [0.2, 0.25) is 10.0 Å². The summed E-state index contributed by atoms with van der Waals surface area (Å²) in [5.41, 5.74) is 2.98. The zero-order chi connectivity index (χ0) is 20.6. The van der Waals surface area contributed by atoms with Gasteiger partial charge in [0.1, 0.15) is 5.82 Å². The number of aryl methyl sites for hydroxylation is 2. The van der Waals surface area contributed by atoms with Gasteiger partial charge in [-0.25, -0.2) is 17.5 Å². The van der Waals surface area contributed by atoms with Crippen molar-refractivity contribution < 1.29 is 12.8 Å². The summed E-state index contributed by atoms with van der Waals surface area (Å²) < 4.78 is 40.2. The molecule has 0 aliphatic heterocycles. The Kier molecular flexibility index (Phi) is 10.5. The first kappa shape index (κ1) is 25.3. The number of aliphatic imine (C=N–C) groups is 1. The van der Waals surface area contributed by atoms with Gasteiger partial charge < -0.3 is 10.6 Å². The third-order valence-electron chi connectivity index (χ3n) is 4.26. The molecule has 0 spiro atoms. The van der Waals surface area contributed by atoms with Crippen molar-refractivity contribution in [1.29, 1.82) is 0 Å². The van der Waals surface area contributed by atoms with Gasteiger partial charge in [-0.15, -0.1) is 24.0 Å². The van der Waals surface area contributed by atoms with E-state index in [9.17, 15) is 12.8 Å². The van der Waals surface area contributed by atoms with E-state index >= 15 is 0 Å². The summed E-state index contributed by atoms with van der Waals surface area (Å²) in [6.45, 7) is 5.03. The lowest BCUT2D eigenvalue weighted by Gasteiger charge is -2.13. The molecule has 6 nitrogen and oxygen atoms in total. The SMILES string of the molecule is CN=C(NCCNS(=O)(=O)c1ccc(C)cc1)NCCc1ccc(F)cc1C.I. The van der Waals surface area contributed by atoms with Crippen LogP contribution < -0.4 is 15.4 Å². The highest BCUT2D eigenvalue weighted by molar-refractivity contribution is 14.0. The minimum absolute atomic E-state index is 0. The van der Waals surface area contributed by atoms with E-state index in [1.165, 1.54) is 12.1 Å². The third kappa shape index (κ3) is 8.27. The Labute approximate surface area is 189 Å². The number of hydrogen-bond donors (Lipinski definition) is 3. The van der Waals surface area contributed by atoms with Gasteiger partial charge in [0, 0.05) is 26.7 Å². The molecular formula is C20H28FIN4O2S. The lowest BCUT2D eigenvalue weighted by atomic mass is 10.1. The molecule has 29 heavy (non-hydrogen) atoms. The zero-order valence-corrected chi connectivity index (χ0v) is 20.0. The Balaban J connectivity index is 0.00000420. The second-order valence-corrected chi connectivity index (χ2v) is 8.22. The predicted octanol–water partition coefficient (Wildman–Crippen LogP) is 2.75. The summed E-state index contributed by atoms with van der Waals surface area (Å²) in [5.74, 6) is 0.342. The number of benzene rings is 2. The molecule has 160 valence electrons. The maximum absolute atomic E-state index is 13.1. The molecule has 0 aliphatic carbocycles. The Bertz CT molecular complexity index is 919. The van der Waals surface area contributed by atoms with Gasteiger partial charge in [0.15, 0.2) is 5.96 Å². The number of rotatable bonds is 8. The zero-order valence-electron chi connectivity index (χ0n) is 16.8. The average Bonchev–Trinajstić information content (AvgIpc) is 2.65. The van der Waals surface area contributed by atoms with Crippen molar-refractivity contribution in [2.75, 3.05) is 26.7 Å². The highest BCUT2D eigenvalue weighted by Crippen LogP contribution is 2.10. The van der Waals surface area contributed by atoms with Gasteiger partial charge in [-0.3, -0.25) is 4.99 Å². The van der Waals surface area contributed by atoms with E-state index < -0.39 is 10.0 Å². The molecule has 0 saturated heterocycles. The Morgan fingerprint density at radius 1 is 1.00 bits per heavy atom. The number of sulfonamides is 1. The summed E-state index contributed by atoms with van der Waals surface area (Å²) in [4.78, 5) is 4.36. The molecule has 3 N–H and O–H groups in total. The summed E-state index contributed by atoms with van der Waals surface area (Å²) in [6.07, 6.45) is 0.729. The van der Waals surface area contributed by atoms with Crippen LogP contribution in [0, 0.1) is 19.7 Å². The Morgan fingerprint density at radius 2 is 1.66 bits per heavy atom. The van der Waals surface area contributed by atoms with E-state index in [4.69, 9.17) is 0 Å². The van der Waals surface area contributed by atoms with Crippen molar-refractivity contribution in [3.8, 4) is 0 Å². The van der Waals surface area contributed by atoms with Crippen LogP contribution in [-0.2, 0) is 16.4 Å². The van der Waals surface area contributed by atoms with Crippen molar-refractivity contribution in [2.45, 2.75) is 25.2 Å². The van der Waals surface area contributed by atoms with Crippen LogP contribution in [0.2, 0.25) is 0 Å². The Hall–Kier alpha value is -1.72. The van der Waals surface area contributed by atoms with Crippen LogP contribution in [0.15, 0.2) is 52.4 Å². The van der Waals surface area contributed by atoms with E-state index in [0.717, 1.165) is 23.1 Å². The van der Waals surface area contributed by atoms with E-state index in [1.54, 1.807) is 37.4 Å². The van der Waals surface area contributed by atoms with E-state index in [0.29, 0.717) is 19.0 Å². The summed E-state index contributed by atoms with van der Waals surface area (Å²) in [7, 11) is -1.88. The van der Waals surface area contributed by atoms with Gasteiger partial charge in [-0.1, -0.05) is 23.8 Å². The van der Waals surface area contributed by atoms with Gasteiger partial charge in [0.25, 0.3) is 0 Å².